The van der Waals surface area contributed by atoms with Crippen LogP contribution in [-0.2, 0) is 14.4 Å². The Bertz CT molecular complexity index is 402. The number of carbonyl (C=O) groups is 3. The molecule has 4 N–H and O–H groups in total. The molecule has 0 aromatic carbocycles. The topological polar surface area (TPSA) is 108 Å². The van der Waals surface area contributed by atoms with Crippen LogP contribution in [0.15, 0.2) is 0 Å². The summed E-state index contributed by atoms with van der Waals surface area (Å²) < 4.78 is 0. The first-order chi connectivity index (χ1) is 10.0. The first-order valence-corrected chi connectivity index (χ1v) is 7.47. The van der Waals surface area contributed by atoms with Crippen molar-refractivity contribution in [2.45, 2.75) is 53.5 Å². The molecule has 2 unspecified atom stereocenters. The number of rotatable bonds is 7. The van der Waals surface area contributed by atoms with Gasteiger partial charge in [0.2, 0.25) is 17.7 Å². The van der Waals surface area contributed by atoms with Crippen LogP contribution in [-0.4, -0.2) is 36.0 Å². The van der Waals surface area contributed by atoms with Crippen molar-refractivity contribution in [1.82, 2.24) is 16.1 Å². The molecule has 2 atom stereocenters. The minimum absolute atomic E-state index is 0.120. The van der Waals surface area contributed by atoms with E-state index < -0.39 is 23.3 Å². The van der Waals surface area contributed by atoms with Gasteiger partial charge in [0.05, 0.1) is 0 Å². The number of amides is 3. The van der Waals surface area contributed by atoms with Gasteiger partial charge in [-0.3, -0.25) is 19.6 Å². The van der Waals surface area contributed by atoms with Crippen LogP contribution in [0, 0.1) is 17.3 Å². The maximum absolute atomic E-state index is 12.5. The molecule has 0 rings (SSSR count). The molecule has 0 spiro atoms. The molecule has 0 bridgehead atoms. The number of hydroxylamine groups is 1. The molecule has 128 valence electrons. The van der Waals surface area contributed by atoms with E-state index in [9.17, 15) is 14.4 Å². The Hall–Kier alpha value is -1.63. The second-order valence-corrected chi connectivity index (χ2v) is 6.99. The van der Waals surface area contributed by atoms with Crippen LogP contribution in [0.2, 0.25) is 0 Å². The smallest absolute Gasteiger partial charge is 0.244 e. The fraction of sp³-hybridized carbons (Fsp3) is 0.800. The minimum atomic E-state index is -0.697. The van der Waals surface area contributed by atoms with Gasteiger partial charge in [-0.25, -0.2) is 5.48 Å². The van der Waals surface area contributed by atoms with Crippen molar-refractivity contribution >= 4 is 17.7 Å². The number of likely N-dealkylation sites (N-methyl/N-ethyl adjacent to an activating group) is 1. The molecule has 0 aliphatic rings. The van der Waals surface area contributed by atoms with E-state index in [1.54, 1.807) is 5.48 Å². The Morgan fingerprint density at radius 2 is 1.64 bits per heavy atom. The number of hydrogen-bond donors (Lipinski definition) is 4. The monoisotopic (exact) mass is 315 g/mol. The van der Waals surface area contributed by atoms with E-state index >= 15 is 0 Å². The fourth-order valence-corrected chi connectivity index (χ4v) is 2.20. The van der Waals surface area contributed by atoms with Crippen LogP contribution in [0.4, 0.5) is 0 Å². The molecule has 7 heteroatoms. The van der Waals surface area contributed by atoms with Crippen molar-refractivity contribution in [1.29, 1.82) is 0 Å². The lowest BCUT2D eigenvalue weighted by molar-refractivity contribution is -0.137. The summed E-state index contributed by atoms with van der Waals surface area (Å²) in [6.07, 6.45) is 0.370. The summed E-state index contributed by atoms with van der Waals surface area (Å²) >= 11 is 0. The molecule has 0 aromatic heterocycles. The first kappa shape index (κ1) is 20.4. The zero-order valence-corrected chi connectivity index (χ0v) is 14.3. The lowest BCUT2D eigenvalue weighted by atomic mass is 9.85. The van der Waals surface area contributed by atoms with E-state index in [0.29, 0.717) is 6.42 Å². The molecule has 0 aliphatic heterocycles. The summed E-state index contributed by atoms with van der Waals surface area (Å²) in [5, 5.41) is 13.9. The van der Waals surface area contributed by atoms with E-state index in [1.807, 2.05) is 34.6 Å². The van der Waals surface area contributed by atoms with Crippen molar-refractivity contribution in [3.63, 3.8) is 0 Å². The Morgan fingerprint density at radius 1 is 1.09 bits per heavy atom. The predicted molar refractivity (Wildman–Crippen MR) is 82.9 cm³/mol. The van der Waals surface area contributed by atoms with Crippen LogP contribution >= 0.6 is 0 Å². The zero-order chi connectivity index (χ0) is 17.5. The van der Waals surface area contributed by atoms with E-state index in [-0.39, 0.29) is 24.2 Å². The Kier molecular flexibility index (Phi) is 8.08. The summed E-state index contributed by atoms with van der Waals surface area (Å²) in [6, 6.07) is -0.697. The number of hydrogen-bond acceptors (Lipinski definition) is 4. The molecule has 0 radical (unpaired) electrons. The lowest BCUT2D eigenvalue weighted by Crippen LogP contribution is -2.54. The highest BCUT2D eigenvalue weighted by Gasteiger charge is 2.34. The molecule has 22 heavy (non-hydrogen) atoms. The summed E-state index contributed by atoms with van der Waals surface area (Å²) in [5.74, 6) is -1.65. The largest absolute Gasteiger partial charge is 0.357 e. The molecule has 7 nitrogen and oxygen atoms in total. The highest BCUT2D eigenvalue weighted by atomic mass is 16.5. The highest BCUT2D eigenvalue weighted by Crippen LogP contribution is 2.22. The van der Waals surface area contributed by atoms with Gasteiger partial charge in [0.25, 0.3) is 0 Å². The van der Waals surface area contributed by atoms with Crippen LogP contribution < -0.4 is 16.1 Å². The summed E-state index contributed by atoms with van der Waals surface area (Å²) in [4.78, 5) is 35.8. The van der Waals surface area contributed by atoms with E-state index in [2.05, 4.69) is 10.6 Å². The fourth-order valence-electron chi connectivity index (χ4n) is 2.20. The van der Waals surface area contributed by atoms with Gasteiger partial charge in [0, 0.05) is 19.4 Å². The van der Waals surface area contributed by atoms with Gasteiger partial charge in [-0.15, -0.1) is 0 Å². The zero-order valence-electron chi connectivity index (χ0n) is 14.3. The quantitative estimate of drug-likeness (QED) is 0.412. The van der Waals surface area contributed by atoms with Crippen LogP contribution in [0.1, 0.15) is 47.5 Å². The number of nitrogens with one attached hydrogen (secondary N) is 3. The molecule has 0 saturated heterocycles. The van der Waals surface area contributed by atoms with Gasteiger partial charge in [0.1, 0.15) is 6.04 Å². The van der Waals surface area contributed by atoms with Gasteiger partial charge in [-0.2, -0.15) is 0 Å². The van der Waals surface area contributed by atoms with E-state index in [4.69, 9.17) is 5.21 Å². The summed E-state index contributed by atoms with van der Waals surface area (Å²) in [7, 11) is 1.51. The Balaban J connectivity index is 5.11. The maximum Gasteiger partial charge on any atom is 0.244 e. The third-order valence-electron chi connectivity index (χ3n) is 3.34. The van der Waals surface area contributed by atoms with Crippen LogP contribution in [0.3, 0.4) is 0 Å². The van der Waals surface area contributed by atoms with Gasteiger partial charge in [0.15, 0.2) is 0 Å². The van der Waals surface area contributed by atoms with E-state index in [0.717, 1.165) is 0 Å². The van der Waals surface area contributed by atoms with E-state index in [1.165, 1.54) is 7.05 Å². The highest BCUT2D eigenvalue weighted by molar-refractivity contribution is 5.90. The molecule has 0 heterocycles. The van der Waals surface area contributed by atoms with Gasteiger partial charge < -0.3 is 10.6 Å². The summed E-state index contributed by atoms with van der Waals surface area (Å²) in [5.41, 5.74) is 1.08. The standard InChI is InChI=1S/C15H29N3O4/c1-9(2)7-10(8-11(19)18-22)13(20)17-12(14(21)16-6)15(3,4)5/h9-10,12,22H,7-8H2,1-6H3,(H,16,21)(H,17,20)(H,18,19). The molecule has 0 fully saturated rings. The van der Waals surface area contributed by atoms with Crippen molar-refractivity contribution in [2.75, 3.05) is 7.05 Å². The van der Waals surface area contributed by atoms with Crippen LogP contribution in [0.25, 0.3) is 0 Å². The average molecular weight is 315 g/mol. The molecule has 0 saturated carbocycles. The molecule has 0 aromatic rings. The second-order valence-electron chi connectivity index (χ2n) is 6.99. The molecular weight excluding hydrogens is 286 g/mol. The average Bonchev–Trinajstić information content (AvgIpc) is 2.40. The Morgan fingerprint density at radius 3 is 2.00 bits per heavy atom. The van der Waals surface area contributed by atoms with Crippen molar-refractivity contribution in [2.24, 2.45) is 17.3 Å². The minimum Gasteiger partial charge on any atom is -0.357 e. The lowest BCUT2D eigenvalue weighted by Gasteiger charge is -2.31. The van der Waals surface area contributed by atoms with Gasteiger partial charge >= 0.3 is 0 Å². The van der Waals surface area contributed by atoms with Crippen molar-refractivity contribution < 1.29 is 19.6 Å². The number of carbonyl (C=O) groups excluding carboxylic acids is 3. The SMILES string of the molecule is CNC(=O)C(NC(=O)C(CC(=O)NO)CC(C)C)C(C)(C)C. The second kappa shape index (κ2) is 8.73. The van der Waals surface area contributed by atoms with Crippen molar-refractivity contribution in [3.8, 4) is 0 Å². The third kappa shape index (κ3) is 6.89. The van der Waals surface area contributed by atoms with Crippen LogP contribution in [0.5, 0.6) is 0 Å². The summed E-state index contributed by atoms with van der Waals surface area (Å²) in [6.45, 7) is 9.44. The normalized spacial score (nSPS) is 14.2. The first-order valence-electron chi connectivity index (χ1n) is 7.47. The van der Waals surface area contributed by atoms with Gasteiger partial charge in [-0.05, 0) is 17.8 Å². The molecule has 0 aliphatic carbocycles. The molecule has 3 amide bonds. The Labute approximate surface area is 132 Å². The third-order valence-corrected chi connectivity index (χ3v) is 3.34. The van der Waals surface area contributed by atoms with Crippen molar-refractivity contribution in [3.05, 3.63) is 0 Å². The van der Waals surface area contributed by atoms with Gasteiger partial charge in [-0.1, -0.05) is 34.6 Å². The predicted octanol–water partition coefficient (Wildman–Crippen LogP) is 0.821. The maximum atomic E-state index is 12.5. The molecular formula is C15H29N3O4.